The number of hydrogen-bond donors (Lipinski definition) is 1. The molecule has 0 amide bonds. The predicted molar refractivity (Wildman–Crippen MR) is 182 cm³/mol. The number of carbonyl (C=O) groups is 1. The summed E-state index contributed by atoms with van der Waals surface area (Å²) < 4.78 is 17.9. The second-order valence-electron chi connectivity index (χ2n) is 12.4. The van der Waals surface area contributed by atoms with Gasteiger partial charge in [-0.3, -0.25) is 4.79 Å². The van der Waals surface area contributed by atoms with Crippen LogP contribution in [0.25, 0.3) is 0 Å². The summed E-state index contributed by atoms with van der Waals surface area (Å²) in [6.07, 6.45) is 36.8. The van der Waals surface area contributed by atoms with Crippen molar-refractivity contribution in [2.24, 2.45) is 0 Å². The number of carboxylic acids is 1. The average Bonchev–Trinajstić information content (AvgIpc) is 2.96. The van der Waals surface area contributed by atoms with Gasteiger partial charge in [-0.1, -0.05) is 161 Å². The van der Waals surface area contributed by atoms with Gasteiger partial charge >= 0.3 is 14.8 Å². The van der Waals surface area contributed by atoms with Gasteiger partial charge in [-0.25, -0.2) is 0 Å². The van der Waals surface area contributed by atoms with Crippen LogP contribution < -0.4 is 0 Å². The minimum absolute atomic E-state index is 0.340. The highest BCUT2D eigenvalue weighted by molar-refractivity contribution is 6.60. The van der Waals surface area contributed by atoms with Crippen LogP contribution in [0, 0.1) is 0 Å². The molecule has 0 aromatic heterocycles. The van der Waals surface area contributed by atoms with Crippen LogP contribution in [0.2, 0.25) is 6.04 Å². The summed E-state index contributed by atoms with van der Waals surface area (Å²) in [6, 6.07) is 0.964. The molecule has 0 heterocycles. The van der Waals surface area contributed by atoms with E-state index < -0.39 is 14.8 Å². The van der Waals surface area contributed by atoms with E-state index >= 15 is 0 Å². The standard InChI is InChI=1S/C36H74O5Si/c1-4-39-42(40-5-2,41-6-3)35-33-31-29-27-25-23-21-19-17-15-13-11-9-7-8-10-12-14-16-18-20-22-24-26-28-30-32-34-36(37)38/h4-35H2,1-3H3,(H,37,38). The maximum absolute atomic E-state index is 10.5. The zero-order valence-corrected chi connectivity index (χ0v) is 29.7. The van der Waals surface area contributed by atoms with Gasteiger partial charge in [0, 0.05) is 32.3 Å². The van der Waals surface area contributed by atoms with Crippen molar-refractivity contribution < 1.29 is 23.2 Å². The van der Waals surface area contributed by atoms with Gasteiger partial charge in [0.05, 0.1) is 0 Å². The highest BCUT2D eigenvalue weighted by atomic mass is 28.4. The Balaban J connectivity index is 3.26. The number of carboxylic acid groups (broad SMARTS) is 1. The van der Waals surface area contributed by atoms with Gasteiger partial charge in [0.25, 0.3) is 0 Å². The van der Waals surface area contributed by atoms with Crippen LogP contribution in [0.3, 0.4) is 0 Å². The van der Waals surface area contributed by atoms with Gasteiger partial charge in [-0.2, -0.15) is 0 Å². The van der Waals surface area contributed by atoms with Crippen molar-refractivity contribution in [2.75, 3.05) is 19.8 Å². The monoisotopic (exact) mass is 615 g/mol. The second-order valence-corrected chi connectivity index (χ2v) is 15.2. The molecule has 0 atom stereocenters. The van der Waals surface area contributed by atoms with Crippen molar-refractivity contribution in [2.45, 2.75) is 207 Å². The Kier molecular flexibility index (Phi) is 33.1. The lowest BCUT2D eigenvalue weighted by Gasteiger charge is -2.28. The second kappa shape index (κ2) is 33.5. The van der Waals surface area contributed by atoms with E-state index in [0.29, 0.717) is 26.2 Å². The molecule has 0 aromatic rings. The van der Waals surface area contributed by atoms with E-state index in [-0.39, 0.29) is 0 Å². The van der Waals surface area contributed by atoms with Crippen LogP contribution >= 0.6 is 0 Å². The van der Waals surface area contributed by atoms with Crippen LogP contribution in [-0.2, 0) is 18.1 Å². The first-order valence-corrected chi connectivity index (χ1v) is 20.7. The lowest BCUT2D eigenvalue weighted by atomic mass is 10.0. The molecular weight excluding hydrogens is 540 g/mol. The molecule has 0 unspecified atom stereocenters. The third kappa shape index (κ3) is 29.6. The minimum atomic E-state index is -2.43. The normalized spacial score (nSPS) is 11.9. The molecule has 6 heteroatoms. The van der Waals surface area contributed by atoms with Crippen LogP contribution in [0.1, 0.15) is 201 Å². The Morgan fingerprint density at radius 3 is 0.833 bits per heavy atom. The largest absolute Gasteiger partial charge is 0.500 e. The highest BCUT2D eigenvalue weighted by Gasteiger charge is 2.39. The van der Waals surface area contributed by atoms with Gasteiger partial charge < -0.3 is 18.4 Å². The molecule has 0 bridgehead atoms. The van der Waals surface area contributed by atoms with E-state index in [1.54, 1.807) is 0 Å². The quantitative estimate of drug-likeness (QED) is 0.0561. The van der Waals surface area contributed by atoms with E-state index in [1.165, 1.54) is 154 Å². The van der Waals surface area contributed by atoms with Crippen molar-refractivity contribution in [3.63, 3.8) is 0 Å². The van der Waals surface area contributed by atoms with Gasteiger partial charge in [-0.15, -0.1) is 0 Å². The number of aliphatic carboxylic acids is 1. The minimum Gasteiger partial charge on any atom is -0.481 e. The molecule has 1 N–H and O–H groups in total. The molecule has 0 radical (unpaired) electrons. The number of rotatable bonds is 36. The van der Waals surface area contributed by atoms with Crippen LogP contribution in [0.15, 0.2) is 0 Å². The topological polar surface area (TPSA) is 65.0 Å². The lowest BCUT2D eigenvalue weighted by molar-refractivity contribution is -0.137. The molecule has 0 fully saturated rings. The van der Waals surface area contributed by atoms with Gasteiger partial charge in [0.2, 0.25) is 0 Å². The van der Waals surface area contributed by atoms with Gasteiger partial charge in [0.1, 0.15) is 0 Å². The molecule has 0 aliphatic rings. The Morgan fingerprint density at radius 2 is 0.619 bits per heavy atom. The summed E-state index contributed by atoms with van der Waals surface area (Å²) in [5, 5.41) is 8.64. The van der Waals surface area contributed by atoms with Crippen molar-refractivity contribution >= 4 is 14.8 Å². The third-order valence-electron chi connectivity index (χ3n) is 8.47. The Labute approximate surface area is 264 Å². The van der Waals surface area contributed by atoms with E-state index in [4.69, 9.17) is 18.4 Å². The molecule has 252 valence electrons. The number of hydrogen-bond acceptors (Lipinski definition) is 4. The first-order chi connectivity index (χ1) is 20.6. The summed E-state index contributed by atoms with van der Waals surface area (Å²) in [7, 11) is -2.43. The molecule has 0 aliphatic heterocycles. The summed E-state index contributed by atoms with van der Waals surface area (Å²) in [6.45, 7) is 8.14. The van der Waals surface area contributed by atoms with Gasteiger partial charge in [-0.05, 0) is 33.6 Å². The molecule has 0 saturated carbocycles. The average molecular weight is 615 g/mol. The number of unbranched alkanes of at least 4 members (excludes halogenated alkanes) is 26. The fourth-order valence-electron chi connectivity index (χ4n) is 6.04. The fourth-order valence-corrected chi connectivity index (χ4v) is 8.72. The lowest BCUT2D eigenvalue weighted by Crippen LogP contribution is -2.45. The summed E-state index contributed by atoms with van der Waals surface area (Å²) in [4.78, 5) is 10.5. The third-order valence-corrected chi connectivity index (χ3v) is 11.6. The van der Waals surface area contributed by atoms with E-state index in [0.717, 1.165) is 25.3 Å². The first kappa shape index (κ1) is 41.6. The Hall–Kier alpha value is -0.433. The van der Waals surface area contributed by atoms with Crippen LogP contribution in [0.4, 0.5) is 0 Å². The Morgan fingerprint density at radius 1 is 0.405 bits per heavy atom. The zero-order chi connectivity index (χ0) is 30.8. The maximum Gasteiger partial charge on any atom is 0.500 e. The molecule has 5 nitrogen and oxygen atoms in total. The molecule has 0 aliphatic carbocycles. The smallest absolute Gasteiger partial charge is 0.481 e. The van der Waals surface area contributed by atoms with Crippen molar-refractivity contribution in [1.29, 1.82) is 0 Å². The highest BCUT2D eigenvalue weighted by Crippen LogP contribution is 2.21. The van der Waals surface area contributed by atoms with Crippen LogP contribution in [-0.4, -0.2) is 39.7 Å². The SMILES string of the molecule is CCO[Si](CCCCCCCCCCCCCCCCCCCCCCCCCCCCCC(=O)O)(OCC)OCC. The Bertz CT molecular complexity index is 528. The maximum atomic E-state index is 10.5. The van der Waals surface area contributed by atoms with Crippen LogP contribution in [0.5, 0.6) is 0 Å². The van der Waals surface area contributed by atoms with E-state index in [1.807, 2.05) is 20.8 Å². The zero-order valence-electron chi connectivity index (χ0n) is 28.7. The fraction of sp³-hybridized carbons (Fsp3) is 0.972. The van der Waals surface area contributed by atoms with Gasteiger partial charge in [0.15, 0.2) is 0 Å². The molecular formula is C36H74O5Si. The summed E-state index contributed by atoms with van der Waals surface area (Å²) >= 11 is 0. The summed E-state index contributed by atoms with van der Waals surface area (Å²) in [5.41, 5.74) is 0. The summed E-state index contributed by atoms with van der Waals surface area (Å²) in [5.74, 6) is -0.653. The first-order valence-electron chi connectivity index (χ1n) is 18.7. The molecule has 0 aromatic carbocycles. The predicted octanol–water partition coefficient (Wildman–Crippen LogP) is 12.0. The van der Waals surface area contributed by atoms with Crippen molar-refractivity contribution in [3.8, 4) is 0 Å². The molecule has 42 heavy (non-hydrogen) atoms. The van der Waals surface area contributed by atoms with Crippen molar-refractivity contribution in [3.05, 3.63) is 0 Å². The molecule has 0 spiro atoms. The molecule has 0 saturated heterocycles. The van der Waals surface area contributed by atoms with E-state index in [9.17, 15) is 4.79 Å². The molecule has 0 rings (SSSR count). The van der Waals surface area contributed by atoms with E-state index in [2.05, 4.69) is 0 Å². The van der Waals surface area contributed by atoms with Crippen molar-refractivity contribution in [1.82, 2.24) is 0 Å².